The van der Waals surface area contributed by atoms with E-state index in [0.29, 0.717) is 24.1 Å². The summed E-state index contributed by atoms with van der Waals surface area (Å²) < 4.78 is 37.4. The molecule has 2 heterocycles. The average Bonchev–Trinajstić information content (AvgIpc) is 3.19. The Balaban J connectivity index is 2.16. The maximum Gasteiger partial charge on any atom is 0.335 e. The van der Waals surface area contributed by atoms with Crippen LogP contribution in [0.1, 0.15) is 54.9 Å². The molecule has 0 amide bonds. The largest absolute Gasteiger partial charge is 0.464 e. The van der Waals surface area contributed by atoms with Crippen LogP contribution in [0.3, 0.4) is 0 Å². The Hall–Kier alpha value is -2.60. The van der Waals surface area contributed by atoms with Gasteiger partial charge in [-0.15, -0.1) is 0 Å². The predicted octanol–water partition coefficient (Wildman–Crippen LogP) is 2.64. The molecule has 202 valence electrons. The number of nitrogens with two attached hydrogens (primary N) is 1. The molecule has 14 heteroatoms. The maximum atomic E-state index is 13.8. The van der Waals surface area contributed by atoms with E-state index in [2.05, 4.69) is 20.0 Å². The lowest BCUT2D eigenvalue weighted by molar-refractivity contribution is -0.155. The number of fused-ring (bicyclic) bond motifs is 1. The van der Waals surface area contributed by atoms with E-state index in [4.69, 9.17) is 24.5 Å². The fourth-order valence-electron chi connectivity index (χ4n) is 3.15. The van der Waals surface area contributed by atoms with Gasteiger partial charge >= 0.3 is 11.9 Å². The number of ether oxygens (including phenoxy) is 3. The SMILES string of the molecule is CCCOC(=O)C(C)(C)NP(=O)(COC(C)Cn1cnc2c(N)ncnc21)OC(C)C(=O)OC(C)C. The number of imidazole rings is 1. The Kier molecular flexibility index (Phi) is 10.4. The van der Waals surface area contributed by atoms with Gasteiger partial charge in [0.2, 0.25) is 0 Å². The first kappa shape index (κ1) is 29.6. The van der Waals surface area contributed by atoms with Crippen LogP contribution >= 0.6 is 7.52 Å². The number of nitrogens with zero attached hydrogens (tertiary/aromatic N) is 4. The van der Waals surface area contributed by atoms with Gasteiger partial charge in [-0.3, -0.25) is 9.36 Å². The highest BCUT2D eigenvalue weighted by molar-refractivity contribution is 7.56. The molecule has 0 radical (unpaired) electrons. The molecular weight excluding hydrogens is 491 g/mol. The van der Waals surface area contributed by atoms with Gasteiger partial charge in [-0.05, 0) is 48.0 Å². The average molecular weight is 529 g/mol. The third-order valence-electron chi connectivity index (χ3n) is 4.82. The van der Waals surface area contributed by atoms with Gasteiger partial charge in [-0.1, -0.05) is 6.92 Å². The van der Waals surface area contributed by atoms with Crippen LogP contribution in [0.5, 0.6) is 0 Å². The van der Waals surface area contributed by atoms with Gasteiger partial charge in [-0.2, -0.15) is 0 Å². The Bertz CT molecular complexity index is 1090. The molecule has 0 aliphatic rings. The fraction of sp³-hybridized carbons (Fsp3) is 0.682. The van der Waals surface area contributed by atoms with Crippen LogP contribution in [0.15, 0.2) is 12.7 Å². The zero-order valence-corrected chi connectivity index (χ0v) is 22.8. The highest BCUT2D eigenvalue weighted by atomic mass is 31.2. The number of nitrogens with one attached hydrogen (secondary N) is 1. The second-order valence-corrected chi connectivity index (χ2v) is 11.3. The first-order valence-electron chi connectivity index (χ1n) is 11.8. The van der Waals surface area contributed by atoms with Crippen LogP contribution in [0, 0.1) is 0 Å². The first-order valence-corrected chi connectivity index (χ1v) is 13.6. The summed E-state index contributed by atoms with van der Waals surface area (Å²) in [4.78, 5) is 37.2. The Morgan fingerprint density at radius 1 is 1.19 bits per heavy atom. The molecule has 0 spiro atoms. The molecule has 3 atom stereocenters. The minimum Gasteiger partial charge on any atom is -0.464 e. The predicted molar refractivity (Wildman–Crippen MR) is 133 cm³/mol. The van der Waals surface area contributed by atoms with Crippen molar-refractivity contribution in [2.75, 3.05) is 18.7 Å². The summed E-state index contributed by atoms with van der Waals surface area (Å²) in [6, 6.07) is 0. The van der Waals surface area contributed by atoms with E-state index >= 15 is 0 Å². The highest BCUT2D eigenvalue weighted by Crippen LogP contribution is 2.46. The monoisotopic (exact) mass is 528 g/mol. The van der Waals surface area contributed by atoms with Gasteiger partial charge in [-0.25, -0.2) is 24.8 Å². The number of hydrogen-bond acceptors (Lipinski definition) is 11. The summed E-state index contributed by atoms with van der Waals surface area (Å²) in [7, 11) is -3.92. The lowest BCUT2D eigenvalue weighted by Crippen LogP contribution is -2.47. The van der Waals surface area contributed by atoms with E-state index in [1.54, 1.807) is 31.7 Å². The fourth-order valence-corrected chi connectivity index (χ4v) is 5.32. The van der Waals surface area contributed by atoms with Gasteiger partial charge in [0.05, 0.1) is 31.7 Å². The quantitative estimate of drug-likeness (QED) is 0.272. The highest BCUT2D eigenvalue weighted by Gasteiger charge is 2.40. The van der Waals surface area contributed by atoms with Crippen molar-refractivity contribution in [2.45, 2.75) is 85.3 Å². The maximum absolute atomic E-state index is 13.8. The van der Waals surface area contributed by atoms with Crippen molar-refractivity contribution in [3.63, 3.8) is 0 Å². The molecule has 36 heavy (non-hydrogen) atoms. The summed E-state index contributed by atoms with van der Waals surface area (Å²) in [5, 5.41) is 2.74. The number of anilines is 1. The third kappa shape index (κ3) is 8.22. The summed E-state index contributed by atoms with van der Waals surface area (Å²) in [6.07, 6.45) is 1.06. The lowest BCUT2D eigenvalue weighted by atomic mass is 10.1. The van der Waals surface area contributed by atoms with E-state index < -0.39 is 43.6 Å². The molecule has 0 bridgehead atoms. The molecule has 13 nitrogen and oxygen atoms in total. The third-order valence-corrected chi connectivity index (χ3v) is 6.87. The Labute approximate surface area is 210 Å². The molecule has 2 aromatic rings. The zero-order chi connectivity index (χ0) is 27.1. The van der Waals surface area contributed by atoms with Gasteiger partial charge in [0.25, 0.3) is 7.52 Å². The number of carbonyl (C=O) groups is 2. The molecule has 0 aromatic carbocycles. The number of aromatic nitrogens is 4. The number of hydrogen-bond donors (Lipinski definition) is 2. The molecule has 0 saturated heterocycles. The van der Waals surface area contributed by atoms with Crippen LogP contribution in [0.2, 0.25) is 0 Å². The zero-order valence-electron chi connectivity index (χ0n) is 21.9. The van der Waals surface area contributed by atoms with Crippen molar-refractivity contribution < 1.29 is 32.9 Å². The van der Waals surface area contributed by atoms with E-state index in [0.717, 1.165) is 0 Å². The normalized spacial score (nSPS) is 15.4. The van der Waals surface area contributed by atoms with E-state index in [-0.39, 0.29) is 18.5 Å². The van der Waals surface area contributed by atoms with Crippen molar-refractivity contribution in [1.82, 2.24) is 24.6 Å². The van der Waals surface area contributed by atoms with Crippen LogP contribution in [-0.4, -0.2) is 68.3 Å². The van der Waals surface area contributed by atoms with Crippen molar-refractivity contribution in [1.29, 1.82) is 0 Å². The minimum absolute atomic E-state index is 0.215. The summed E-state index contributed by atoms with van der Waals surface area (Å²) in [6.45, 7) is 12.0. The van der Waals surface area contributed by atoms with Gasteiger partial charge < -0.3 is 29.0 Å². The van der Waals surface area contributed by atoms with Crippen molar-refractivity contribution in [2.24, 2.45) is 0 Å². The second kappa shape index (κ2) is 12.6. The van der Waals surface area contributed by atoms with E-state index in [9.17, 15) is 14.2 Å². The van der Waals surface area contributed by atoms with Crippen molar-refractivity contribution in [3.05, 3.63) is 12.7 Å². The summed E-state index contributed by atoms with van der Waals surface area (Å²) in [5.74, 6) is -1.04. The Morgan fingerprint density at radius 2 is 1.89 bits per heavy atom. The first-order chi connectivity index (χ1) is 16.8. The van der Waals surface area contributed by atoms with Crippen LogP contribution in [-0.2, 0) is 39.4 Å². The van der Waals surface area contributed by atoms with E-state index in [1.807, 2.05) is 6.92 Å². The number of rotatable bonds is 14. The molecule has 0 fully saturated rings. The number of nitrogen functional groups attached to an aromatic ring is 1. The minimum atomic E-state index is -3.92. The summed E-state index contributed by atoms with van der Waals surface area (Å²) >= 11 is 0. The standard InChI is InChI=1S/C22H37N6O7P/c1-8-9-32-21(30)22(6,7)27-36(31,35-16(5)20(29)34-14(2)3)13-33-15(4)10-28-12-26-17-18(23)24-11-25-19(17)28/h11-12,14-16H,8-10,13H2,1-7H3,(H,27,31)(H2,23,24,25). The van der Waals surface area contributed by atoms with E-state index in [1.165, 1.54) is 27.1 Å². The molecule has 0 aliphatic heterocycles. The smallest absolute Gasteiger partial charge is 0.335 e. The number of carbonyl (C=O) groups excluding carboxylic acids is 2. The van der Waals surface area contributed by atoms with Crippen LogP contribution < -0.4 is 10.8 Å². The topological polar surface area (TPSA) is 170 Å². The molecule has 0 aliphatic carbocycles. The van der Waals surface area contributed by atoms with Crippen molar-refractivity contribution >= 4 is 36.4 Å². The summed E-state index contributed by atoms with van der Waals surface area (Å²) in [5.41, 5.74) is 5.45. The molecule has 3 N–H and O–H groups in total. The van der Waals surface area contributed by atoms with Gasteiger partial charge in [0.15, 0.2) is 17.6 Å². The molecule has 2 aromatic heterocycles. The van der Waals surface area contributed by atoms with Crippen LogP contribution in [0.25, 0.3) is 11.2 Å². The van der Waals surface area contributed by atoms with Crippen LogP contribution in [0.4, 0.5) is 5.82 Å². The number of esters is 2. The Morgan fingerprint density at radius 3 is 2.53 bits per heavy atom. The lowest BCUT2D eigenvalue weighted by Gasteiger charge is -2.31. The molecule has 3 unspecified atom stereocenters. The van der Waals surface area contributed by atoms with Gasteiger partial charge in [0.1, 0.15) is 23.7 Å². The molecule has 0 saturated carbocycles. The molecule has 2 rings (SSSR count). The second-order valence-electron chi connectivity index (χ2n) is 9.21. The molecular formula is C22H37N6O7P. The van der Waals surface area contributed by atoms with Crippen molar-refractivity contribution in [3.8, 4) is 0 Å². The van der Waals surface area contributed by atoms with Gasteiger partial charge in [0, 0.05) is 0 Å².